The van der Waals surface area contributed by atoms with Crippen molar-refractivity contribution < 1.29 is 14.5 Å². The van der Waals surface area contributed by atoms with Gasteiger partial charge in [-0.15, -0.1) is 0 Å². The summed E-state index contributed by atoms with van der Waals surface area (Å²) >= 11 is 9.23. The molecule has 24 heavy (non-hydrogen) atoms. The smallest absolute Gasteiger partial charge is 0.278 e. The number of ether oxygens (including phenoxy) is 1. The van der Waals surface area contributed by atoms with Crippen molar-refractivity contribution in [3.05, 3.63) is 67.6 Å². The number of amides is 1. The molecular formula is C15H11BrClN3O4. The second-order valence-electron chi connectivity index (χ2n) is 4.47. The Bertz CT molecular complexity index is 798. The van der Waals surface area contributed by atoms with E-state index in [1.54, 1.807) is 30.3 Å². The maximum atomic E-state index is 11.7. The highest BCUT2D eigenvalue weighted by atomic mass is 79.9. The average Bonchev–Trinajstić information content (AvgIpc) is 2.54. The molecule has 1 amide bonds. The van der Waals surface area contributed by atoms with Gasteiger partial charge in [-0.1, -0.05) is 39.7 Å². The Labute approximate surface area is 150 Å². The van der Waals surface area contributed by atoms with E-state index in [0.29, 0.717) is 10.8 Å². The van der Waals surface area contributed by atoms with E-state index in [4.69, 9.17) is 16.3 Å². The first kappa shape index (κ1) is 17.9. The number of nitrogens with one attached hydrogen (secondary N) is 1. The number of nitrogens with zero attached hydrogens (tertiary/aromatic N) is 2. The van der Waals surface area contributed by atoms with E-state index in [-0.39, 0.29) is 17.9 Å². The first-order valence-corrected chi connectivity index (χ1v) is 7.77. The SMILES string of the molecule is O=C(COc1ccc(Br)cc1Cl)NN=Cc1ccccc1[N+](=O)[O-]. The van der Waals surface area contributed by atoms with E-state index < -0.39 is 10.8 Å². The Morgan fingerprint density at radius 3 is 2.83 bits per heavy atom. The third-order valence-corrected chi connectivity index (χ3v) is 3.57. The second kappa shape index (κ2) is 8.42. The van der Waals surface area contributed by atoms with E-state index in [2.05, 4.69) is 26.5 Å². The summed E-state index contributed by atoms with van der Waals surface area (Å²) in [4.78, 5) is 22.0. The lowest BCUT2D eigenvalue weighted by atomic mass is 10.2. The second-order valence-corrected chi connectivity index (χ2v) is 5.80. The average molecular weight is 413 g/mol. The predicted molar refractivity (Wildman–Crippen MR) is 93.5 cm³/mol. The molecule has 0 spiro atoms. The van der Waals surface area contributed by atoms with Crippen molar-refractivity contribution in [2.24, 2.45) is 5.10 Å². The third-order valence-electron chi connectivity index (χ3n) is 2.78. The van der Waals surface area contributed by atoms with Crippen LogP contribution in [0.15, 0.2) is 52.0 Å². The molecule has 0 aromatic heterocycles. The summed E-state index contributed by atoms with van der Waals surface area (Å²) in [5, 5.41) is 14.9. The standard InChI is InChI=1S/C15H11BrClN3O4/c16-11-5-6-14(12(17)7-11)24-9-15(21)19-18-8-10-3-1-2-4-13(10)20(22)23/h1-8H,9H2,(H,19,21). The molecule has 0 aliphatic carbocycles. The van der Waals surface area contributed by atoms with Crippen molar-refractivity contribution in [1.29, 1.82) is 0 Å². The fraction of sp³-hybridized carbons (Fsp3) is 0.0667. The zero-order valence-electron chi connectivity index (χ0n) is 12.1. The molecule has 0 saturated carbocycles. The minimum Gasteiger partial charge on any atom is -0.482 e. The molecule has 0 bridgehead atoms. The summed E-state index contributed by atoms with van der Waals surface area (Å²) in [6.45, 7) is -0.296. The number of hydrogen-bond donors (Lipinski definition) is 1. The normalized spacial score (nSPS) is 10.6. The maximum absolute atomic E-state index is 11.7. The topological polar surface area (TPSA) is 93.8 Å². The number of nitro groups is 1. The van der Waals surface area contributed by atoms with Gasteiger partial charge in [-0.25, -0.2) is 5.43 Å². The van der Waals surface area contributed by atoms with Gasteiger partial charge in [-0.05, 0) is 24.3 Å². The van der Waals surface area contributed by atoms with Gasteiger partial charge in [0.25, 0.3) is 11.6 Å². The fourth-order valence-electron chi connectivity index (χ4n) is 1.70. The van der Waals surface area contributed by atoms with E-state index in [1.807, 2.05) is 0 Å². The van der Waals surface area contributed by atoms with Gasteiger partial charge in [0.1, 0.15) is 5.75 Å². The summed E-state index contributed by atoms with van der Waals surface area (Å²) in [5.41, 5.74) is 2.40. The van der Waals surface area contributed by atoms with Gasteiger partial charge in [0.05, 0.1) is 21.7 Å². The van der Waals surface area contributed by atoms with Gasteiger partial charge in [0, 0.05) is 10.5 Å². The van der Waals surface area contributed by atoms with Crippen LogP contribution in [0.4, 0.5) is 5.69 Å². The molecule has 0 unspecified atom stereocenters. The highest BCUT2D eigenvalue weighted by Gasteiger charge is 2.10. The maximum Gasteiger partial charge on any atom is 0.278 e. The minimum atomic E-state index is -0.526. The molecular weight excluding hydrogens is 402 g/mol. The molecule has 2 aromatic rings. The van der Waals surface area contributed by atoms with Gasteiger partial charge in [-0.3, -0.25) is 14.9 Å². The van der Waals surface area contributed by atoms with Crippen molar-refractivity contribution in [3.8, 4) is 5.75 Å². The largest absolute Gasteiger partial charge is 0.482 e. The predicted octanol–water partition coefficient (Wildman–Crippen LogP) is 3.54. The lowest BCUT2D eigenvalue weighted by Gasteiger charge is -2.07. The molecule has 2 aromatic carbocycles. The monoisotopic (exact) mass is 411 g/mol. The molecule has 0 atom stereocenters. The van der Waals surface area contributed by atoms with Crippen molar-refractivity contribution in [2.75, 3.05) is 6.61 Å². The Hall–Kier alpha value is -2.45. The van der Waals surface area contributed by atoms with Crippen LogP contribution in [-0.2, 0) is 4.79 Å². The van der Waals surface area contributed by atoms with Crippen molar-refractivity contribution >= 4 is 45.3 Å². The number of benzene rings is 2. The number of rotatable bonds is 6. The third kappa shape index (κ3) is 5.04. The Morgan fingerprint density at radius 2 is 2.12 bits per heavy atom. The van der Waals surface area contributed by atoms with E-state index in [9.17, 15) is 14.9 Å². The molecule has 0 aliphatic rings. The Morgan fingerprint density at radius 1 is 1.38 bits per heavy atom. The van der Waals surface area contributed by atoms with Crippen LogP contribution in [0.3, 0.4) is 0 Å². The number of carbonyl (C=O) groups excluding carboxylic acids is 1. The van der Waals surface area contributed by atoms with Gasteiger partial charge in [0.2, 0.25) is 0 Å². The molecule has 0 saturated heterocycles. The highest BCUT2D eigenvalue weighted by Crippen LogP contribution is 2.27. The van der Waals surface area contributed by atoms with Crippen LogP contribution in [0.5, 0.6) is 5.75 Å². The number of nitro benzene ring substituents is 1. The van der Waals surface area contributed by atoms with E-state index in [1.165, 1.54) is 18.3 Å². The number of carbonyl (C=O) groups is 1. The van der Waals surface area contributed by atoms with Crippen LogP contribution < -0.4 is 10.2 Å². The summed E-state index contributed by atoms with van der Waals surface area (Å²) in [7, 11) is 0. The van der Waals surface area contributed by atoms with Crippen molar-refractivity contribution in [3.63, 3.8) is 0 Å². The van der Waals surface area contributed by atoms with Crippen LogP contribution in [0.1, 0.15) is 5.56 Å². The van der Waals surface area contributed by atoms with E-state index in [0.717, 1.165) is 4.47 Å². The highest BCUT2D eigenvalue weighted by molar-refractivity contribution is 9.10. The molecule has 7 nitrogen and oxygen atoms in total. The summed E-state index contributed by atoms with van der Waals surface area (Å²) < 4.78 is 6.06. The van der Waals surface area contributed by atoms with Crippen LogP contribution in [-0.4, -0.2) is 23.7 Å². The van der Waals surface area contributed by atoms with Gasteiger partial charge in [-0.2, -0.15) is 5.10 Å². The number of hydrazone groups is 1. The van der Waals surface area contributed by atoms with Crippen molar-refractivity contribution in [2.45, 2.75) is 0 Å². The lowest BCUT2D eigenvalue weighted by Crippen LogP contribution is -2.24. The van der Waals surface area contributed by atoms with Gasteiger partial charge in [0.15, 0.2) is 6.61 Å². The van der Waals surface area contributed by atoms with Crippen LogP contribution in [0.2, 0.25) is 5.02 Å². The molecule has 9 heteroatoms. The van der Waals surface area contributed by atoms with Crippen LogP contribution >= 0.6 is 27.5 Å². The zero-order valence-corrected chi connectivity index (χ0v) is 14.5. The lowest BCUT2D eigenvalue weighted by molar-refractivity contribution is -0.385. The molecule has 1 N–H and O–H groups in total. The molecule has 0 aliphatic heterocycles. The summed E-state index contributed by atoms with van der Waals surface area (Å²) in [6, 6.07) is 11.0. The number of para-hydroxylation sites is 1. The number of halogens is 2. The Balaban J connectivity index is 1.90. The first-order valence-electron chi connectivity index (χ1n) is 6.60. The molecule has 0 heterocycles. The van der Waals surface area contributed by atoms with Crippen LogP contribution in [0, 0.1) is 10.1 Å². The van der Waals surface area contributed by atoms with Crippen LogP contribution in [0.25, 0.3) is 0 Å². The number of hydrogen-bond acceptors (Lipinski definition) is 5. The van der Waals surface area contributed by atoms with E-state index >= 15 is 0 Å². The molecule has 2 rings (SSSR count). The molecule has 0 radical (unpaired) electrons. The first-order chi connectivity index (χ1) is 11.5. The fourth-order valence-corrected chi connectivity index (χ4v) is 2.43. The molecule has 0 fully saturated rings. The van der Waals surface area contributed by atoms with Gasteiger partial charge < -0.3 is 4.74 Å². The zero-order chi connectivity index (χ0) is 17.5. The minimum absolute atomic E-state index is 0.103. The quantitative estimate of drug-likeness (QED) is 0.446. The molecule has 124 valence electrons. The summed E-state index contributed by atoms with van der Waals surface area (Å²) in [6.07, 6.45) is 1.20. The van der Waals surface area contributed by atoms with Crippen molar-refractivity contribution in [1.82, 2.24) is 5.43 Å². The Kier molecular flexibility index (Phi) is 6.28. The summed E-state index contributed by atoms with van der Waals surface area (Å²) in [5.74, 6) is -0.165. The van der Waals surface area contributed by atoms with Gasteiger partial charge >= 0.3 is 0 Å².